The maximum atomic E-state index is 12.4. The lowest BCUT2D eigenvalue weighted by atomic mass is 10.1. The smallest absolute Gasteiger partial charge is 0.251 e. The van der Waals surface area contributed by atoms with Crippen LogP contribution in [0, 0.1) is 0 Å². The van der Waals surface area contributed by atoms with Gasteiger partial charge in [-0.2, -0.15) is 0 Å². The van der Waals surface area contributed by atoms with Crippen molar-refractivity contribution in [2.75, 3.05) is 51.5 Å². The van der Waals surface area contributed by atoms with Crippen LogP contribution in [0.3, 0.4) is 0 Å². The van der Waals surface area contributed by atoms with Gasteiger partial charge in [-0.05, 0) is 30.5 Å². The van der Waals surface area contributed by atoms with E-state index in [2.05, 4.69) is 15.2 Å². The third-order valence-electron chi connectivity index (χ3n) is 5.47. The molecule has 172 valence electrons. The molecule has 1 aromatic heterocycles. The number of rotatable bonds is 9. The lowest BCUT2D eigenvalue weighted by molar-refractivity contribution is 0.0858. The van der Waals surface area contributed by atoms with Crippen molar-refractivity contribution in [3.63, 3.8) is 0 Å². The SMILES string of the molecule is COCc1cc(N2CCOCC2)nc(SCc2ccc(C(=O)NC[C@@H]3CCCO3)cc2)n1. The van der Waals surface area contributed by atoms with E-state index in [1.54, 1.807) is 18.9 Å². The van der Waals surface area contributed by atoms with Crippen LogP contribution in [0.1, 0.15) is 34.5 Å². The lowest BCUT2D eigenvalue weighted by Crippen LogP contribution is -2.37. The van der Waals surface area contributed by atoms with Gasteiger partial charge in [-0.15, -0.1) is 0 Å². The van der Waals surface area contributed by atoms with Crippen molar-refractivity contribution in [1.29, 1.82) is 0 Å². The molecule has 3 heterocycles. The number of benzene rings is 1. The fourth-order valence-electron chi connectivity index (χ4n) is 3.71. The number of hydrogen-bond acceptors (Lipinski definition) is 8. The van der Waals surface area contributed by atoms with Gasteiger partial charge in [-0.25, -0.2) is 9.97 Å². The van der Waals surface area contributed by atoms with Gasteiger partial charge in [0.25, 0.3) is 5.91 Å². The Morgan fingerprint density at radius 2 is 2.03 bits per heavy atom. The monoisotopic (exact) mass is 458 g/mol. The van der Waals surface area contributed by atoms with Crippen LogP contribution in [0.25, 0.3) is 0 Å². The third-order valence-corrected chi connectivity index (χ3v) is 6.39. The first-order chi connectivity index (χ1) is 15.7. The first-order valence-electron chi connectivity index (χ1n) is 11.0. The van der Waals surface area contributed by atoms with E-state index >= 15 is 0 Å². The Kier molecular flexibility index (Phi) is 8.33. The molecule has 9 heteroatoms. The second-order valence-electron chi connectivity index (χ2n) is 7.86. The molecule has 1 N–H and O–H groups in total. The summed E-state index contributed by atoms with van der Waals surface area (Å²) >= 11 is 1.58. The lowest BCUT2D eigenvalue weighted by Gasteiger charge is -2.28. The average molecular weight is 459 g/mol. The summed E-state index contributed by atoms with van der Waals surface area (Å²) in [6.07, 6.45) is 2.22. The number of nitrogens with zero attached hydrogens (tertiary/aromatic N) is 3. The van der Waals surface area contributed by atoms with Gasteiger partial charge in [0.05, 0.1) is 31.6 Å². The van der Waals surface area contributed by atoms with E-state index in [4.69, 9.17) is 19.2 Å². The Morgan fingerprint density at radius 3 is 2.75 bits per heavy atom. The van der Waals surface area contributed by atoms with E-state index in [1.165, 1.54) is 0 Å². The first-order valence-corrected chi connectivity index (χ1v) is 12.0. The van der Waals surface area contributed by atoms with Crippen LogP contribution in [0.4, 0.5) is 5.82 Å². The molecular formula is C23H30N4O4S. The molecule has 0 saturated carbocycles. The van der Waals surface area contributed by atoms with Gasteiger partial charge in [0, 0.05) is 50.7 Å². The van der Waals surface area contributed by atoms with E-state index in [0.717, 1.165) is 60.5 Å². The molecule has 1 atom stereocenters. The summed E-state index contributed by atoms with van der Waals surface area (Å²) in [6, 6.07) is 9.68. The standard InChI is InChI=1S/C23H30N4O4S/c1-29-15-19-13-21(27-8-11-30-12-9-27)26-23(25-19)32-16-17-4-6-18(7-5-17)22(28)24-14-20-3-2-10-31-20/h4-7,13,20H,2-3,8-12,14-16H2,1H3,(H,24,28)/t20-/m0/s1. The van der Waals surface area contributed by atoms with Gasteiger partial charge >= 0.3 is 0 Å². The minimum atomic E-state index is -0.0644. The van der Waals surface area contributed by atoms with Gasteiger partial charge < -0.3 is 24.4 Å². The molecule has 2 aliphatic rings. The number of carbonyl (C=O) groups is 1. The molecular weight excluding hydrogens is 428 g/mol. The number of carbonyl (C=O) groups excluding carboxylic acids is 1. The maximum absolute atomic E-state index is 12.4. The molecule has 0 radical (unpaired) electrons. The fraction of sp³-hybridized carbons (Fsp3) is 0.522. The zero-order valence-electron chi connectivity index (χ0n) is 18.4. The molecule has 8 nitrogen and oxygen atoms in total. The number of anilines is 1. The highest BCUT2D eigenvalue weighted by molar-refractivity contribution is 7.98. The van der Waals surface area contributed by atoms with Crippen LogP contribution in [0.5, 0.6) is 0 Å². The molecule has 4 rings (SSSR count). The van der Waals surface area contributed by atoms with Crippen molar-refractivity contribution < 1.29 is 19.0 Å². The molecule has 0 aliphatic carbocycles. The van der Waals surface area contributed by atoms with Crippen LogP contribution in [0.2, 0.25) is 0 Å². The predicted octanol–water partition coefficient (Wildman–Crippen LogP) is 2.66. The highest BCUT2D eigenvalue weighted by Gasteiger charge is 2.17. The van der Waals surface area contributed by atoms with E-state index in [-0.39, 0.29) is 12.0 Å². The Balaban J connectivity index is 1.35. The molecule has 1 amide bonds. The normalized spacial score (nSPS) is 18.7. The zero-order valence-corrected chi connectivity index (χ0v) is 19.2. The number of methoxy groups -OCH3 is 1. The van der Waals surface area contributed by atoms with Gasteiger partial charge in [0.2, 0.25) is 0 Å². The zero-order chi connectivity index (χ0) is 22.2. The molecule has 0 unspecified atom stereocenters. The Labute approximate surface area is 193 Å². The molecule has 2 saturated heterocycles. The number of morpholine rings is 1. The quantitative estimate of drug-likeness (QED) is 0.453. The summed E-state index contributed by atoms with van der Waals surface area (Å²) in [6.45, 7) is 4.87. The summed E-state index contributed by atoms with van der Waals surface area (Å²) in [5, 5.41) is 3.68. The number of aromatic nitrogens is 2. The third kappa shape index (κ3) is 6.41. The highest BCUT2D eigenvalue weighted by Crippen LogP contribution is 2.24. The van der Waals surface area contributed by atoms with Crippen molar-refractivity contribution in [3.8, 4) is 0 Å². The van der Waals surface area contributed by atoms with E-state index < -0.39 is 0 Å². The van der Waals surface area contributed by atoms with Crippen LogP contribution < -0.4 is 10.2 Å². The number of amides is 1. The molecule has 0 spiro atoms. The van der Waals surface area contributed by atoms with E-state index in [1.807, 2.05) is 30.3 Å². The van der Waals surface area contributed by atoms with E-state index in [9.17, 15) is 4.79 Å². The number of thioether (sulfide) groups is 1. The van der Waals surface area contributed by atoms with E-state index in [0.29, 0.717) is 31.9 Å². The van der Waals surface area contributed by atoms with Crippen molar-refractivity contribution in [2.45, 2.75) is 36.5 Å². The average Bonchev–Trinajstić information content (AvgIpc) is 3.36. The van der Waals surface area contributed by atoms with Crippen LogP contribution in [0.15, 0.2) is 35.5 Å². The van der Waals surface area contributed by atoms with Crippen molar-refractivity contribution in [3.05, 3.63) is 47.2 Å². The molecule has 2 aliphatic heterocycles. The maximum Gasteiger partial charge on any atom is 0.251 e. The number of ether oxygens (including phenoxy) is 3. The van der Waals surface area contributed by atoms with Gasteiger partial charge in [0.1, 0.15) is 5.82 Å². The summed E-state index contributed by atoms with van der Waals surface area (Å²) in [7, 11) is 1.67. The topological polar surface area (TPSA) is 85.8 Å². The second kappa shape index (κ2) is 11.6. The van der Waals surface area contributed by atoms with Crippen LogP contribution >= 0.6 is 11.8 Å². The summed E-state index contributed by atoms with van der Waals surface area (Å²) in [5.74, 6) is 1.57. The molecule has 32 heavy (non-hydrogen) atoms. The minimum Gasteiger partial charge on any atom is -0.378 e. The summed E-state index contributed by atoms with van der Waals surface area (Å²) in [5.41, 5.74) is 2.63. The van der Waals surface area contributed by atoms with Gasteiger partial charge in [0.15, 0.2) is 5.16 Å². The van der Waals surface area contributed by atoms with Crippen molar-refractivity contribution in [1.82, 2.24) is 15.3 Å². The van der Waals surface area contributed by atoms with Gasteiger partial charge in [-0.3, -0.25) is 4.79 Å². The fourth-order valence-corrected chi connectivity index (χ4v) is 4.54. The molecule has 2 aromatic rings. The van der Waals surface area contributed by atoms with Crippen LogP contribution in [-0.2, 0) is 26.6 Å². The first kappa shape index (κ1) is 23.0. The molecule has 1 aromatic carbocycles. The molecule has 2 fully saturated rings. The second-order valence-corrected chi connectivity index (χ2v) is 8.81. The highest BCUT2D eigenvalue weighted by atomic mass is 32.2. The number of nitrogens with one attached hydrogen (secondary N) is 1. The Morgan fingerprint density at radius 1 is 1.22 bits per heavy atom. The molecule has 0 bridgehead atoms. The minimum absolute atomic E-state index is 0.0644. The Hall–Kier alpha value is -2.20. The van der Waals surface area contributed by atoms with Crippen molar-refractivity contribution in [2.24, 2.45) is 0 Å². The Bertz CT molecular complexity index is 884. The predicted molar refractivity (Wildman–Crippen MR) is 123 cm³/mol. The summed E-state index contributed by atoms with van der Waals surface area (Å²) < 4.78 is 16.3. The van der Waals surface area contributed by atoms with Crippen molar-refractivity contribution >= 4 is 23.5 Å². The largest absolute Gasteiger partial charge is 0.378 e. The van der Waals surface area contributed by atoms with Gasteiger partial charge in [-0.1, -0.05) is 23.9 Å². The number of hydrogen-bond donors (Lipinski definition) is 1. The summed E-state index contributed by atoms with van der Waals surface area (Å²) in [4.78, 5) is 24.0. The van der Waals surface area contributed by atoms with Crippen LogP contribution in [-0.4, -0.2) is 68.5 Å².